The Labute approximate surface area is 119 Å². The Morgan fingerprint density at radius 1 is 1.30 bits per heavy atom. The summed E-state index contributed by atoms with van der Waals surface area (Å²) in [5, 5.41) is 12.0. The minimum absolute atomic E-state index is 0.0738. The molecule has 0 bridgehead atoms. The van der Waals surface area contributed by atoms with Crippen molar-refractivity contribution in [2.75, 3.05) is 6.54 Å². The van der Waals surface area contributed by atoms with Crippen LogP contribution in [-0.2, 0) is 14.4 Å². The van der Waals surface area contributed by atoms with Crippen LogP contribution in [0.15, 0.2) is 0 Å². The number of carboxylic acids is 1. The average Bonchev–Trinajstić information content (AvgIpc) is 2.33. The van der Waals surface area contributed by atoms with Crippen LogP contribution >= 0.6 is 0 Å². The molecule has 0 aromatic rings. The van der Waals surface area contributed by atoms with E-state index in [1.807, 2.05) is 20.8 Å². The van der Waals surface area contributed by atoms with Crippen molar-refractivity contribution in [2.45, 2.75) is 52.6 Å². The van der Waals surface area contributed by atoms with Crippen molar-refractivity contribution >= 4 is 17.8 Å². The molecule has 1 aliphatic heterocycles. The fourth-order valence-electron chi connectivity index (χ4n) is 2.72. The zero-order chi connectivity index (χ0) is 15.4. The Kier molecular flexibility index (Phi) is 5.53. The van der Waals surface area contributed by atoms with Crippen LogP contribution in [0.1, 0.15) is 40.5 Å². The molecule has 3 unspecified atom stereocenters. The average molecular weight is 284 g/mol. The van der Waals surface area contributed by atoms with E-state index in [4.69, 9.17) is 0 Å². The van der Waals surface area contributed by atoms with Crippen LogP contribution in [0.25, 0.3) is 0 Å². The van der Waals surface area contributed by atoms with Gasteiger partial charge in [0.05, 0.1) is 0 Å². The number of carbonyl (C=O) groups excluding carboxylic acids is 2. The second-order valence-corrected chi connectivity index (χ2v) is 5.86. The van der Waals surface area contributed by atoms with Gasteiger partial charge < -0.3 is 15.3 Å². The summed E-state index contributed by atoms with van der Waals surface area (Å²) in [7, 11) is 0. The van der Waals surface area contributed by atoms with Crippen LogP contribution in [0.4, 0.5) is 0 Å². The van der Waals surface area contributed by atoms with Crippen LogP contribution in [0.2, 0.25) is 0 Å². The first-order valence-corrected chi connectivity index (χ1v) is 7.06. The van der Waals surface area contributed by atoms with Gasteiger partial charge in [0.25, 0.3) is 0 Å². The third kappa shape index (κ3) is 3.71. The minimum atomic E-state index is -0.976. The summed E-state index contributed by atoms with van der Waals surface area (Å²) >= 11 is 0. The molecule has 114 valence electrons. The van der Waals surface area contributed by atoms with Gasteiger partial charge in [0.1, 0.15) is 12.1 Å². The lowest BCUT2D eigenvalue weighted by molar-refractivity contribution is -0.156. The number of hydrogen-bond acceptors (Lipinski definition) is 3. The van der Waals surface area contributed by atoms with E-state index < -0.39 is 18.1 Å². The molecule has 1 rings (SSSR count). The molecule has 1 aliphatic rings. The standard InChI is InChI=1S/C14H24N2O4/c1-8(2)11(15-10(4)17)13(18)16-7-5-6-9(3)12(16)14(19)20/h8-9,11-12H,5-7H2,1-4H3,(H,15,17)(H,19,20). The maximum Gasteiger partial charge on any atom is 0.326 e. The lowest BCUT2D eigenvalue weighted by atomic mass is 9.89. The topological polar surface area (TPSA) is 86.7 Å². The fraction of sp³-hybridized carbons (Fsp3) is 0.786. The van der Waals surface area contributed by atoms with E-state index >= 15 is 0 Å². The Morgan fingerprint density at radius 3 is 2.35 bits per heavy atom. The number of carboxylic acid groups (broad SMARTS) is 1. The van der Waals surface area contributed by atoms with Crippen molar-refractivity contribution in [2.24, 2.45) is 11.8 Å². The zero-order valence-electron chi connectivity index (χ0n) is 12.5. The summed E-state index contributed by atoms with van der Waals surface area (Å²) in [6, 6.07) is -1.47. The third-order valence-corrected chi connectivity index (χ3v) is 3.76. The summed E-state index contributed by atoms with van der Waals surface area (Å²) in [6.45, 7) is 7.31. The number of likely N-dealkylation sites (tertiary alicyclic amines) is 1. The van der Waals surface area contributed by atoms with Crippen molar-refractivity contribution in [1.82, 2.24) is 10.2 Å². The van der Waals surface area contributed by atoms with E-state index in [9.17, 15) is 19.5 Å². The molecule has 2 amide bonds. The van der Waals surface area contributed by atoms with Gasteiger partial charge in [-0.25, -0.2) is 4.79 Å². The Morgan fingerprint density at radius 2 is 1.90 bits per heavy atom. The third-order valence-electron chi connectivity index (χ3n) is 3.76. The Hall–Kier alpha value is -1.59. The van der Waals surface area contributed by atoms with Gasteiger partial charge in [0, 0.05) is 13.5 Å². The highest BCUT2D eigenvalue weighted by Gasteiger charge is 2.40. The lowest BCUT2D eigenvalue weighted by Gasteiger charge is -2.39. The molecule has 0 aromatic carbocycles. The highest BCUT2D eigenvalue weighted by Crippen LogP contribution is 2.25. The number of nitrogens with zero attached hydrogens (tertiary/aromatic N) is 1. The van der Waals surface area contributed by atoms with Gasteiger partial charge in [-0.3, -0.25) is 9.59 Å². The summed E-state index contributed by atoms with van der Waals surface area (Å²) in [6.07, 6.45) is 1.59. The van der Waals surface area contributed by atoms with Gasteiger partial charge in [-0.1, -0.05) is 20.8 Å². The number of carbonyl (C=O) groups is 3. The second-order valence-electron chi connectivity index (χ2n) is 5.86. The number of nitrogens with one attached hydrogen (secondary N) is 1. The number of aliphatic carboxylic acids is 1. The van der Waals surface area contributed by atoms with Crippen molar-refractivity contribution < 1.29 is 19.5 Å². The predicted molar refractivity (Wildman–Crippen MR) is 74.0 cm³/mol. The molecule has 6 nitrogen and oxygen atoms in total. The van der Waals surface area contributed by atoms with Crippen LogP contribution in [0, 0.1) is 11.8 Å². The normalized spacial score (nSPS) is 24.4. The van der Waals surface area contributed by atoms with Crippen LogP contribution in [0.3, 0.4) is 0 Å². The van der Waals surface area contributed by atoms with Crippen LogP contribution in [0.5, 0.6) is 0 Å². The van der Waals surface area contributed by atoms with E-state index in [1.54, 1.807) is 0 Å². The highest BCUT2D eigenvalue weighted by atomic mass is 16.4. The zero-order valence-corrected chi connectivity index (χ0v) is 12.5. The number of amides is 2. The molecule has 1 fully saturated rings. The van der Waals surface area contributed by atoms with Crippen molar-refractivity contribution in [3.05, 3.63) is 0 Å². The first-order chi connectivity index (χ1) is 9.25. The molecule has 0 aromatic heterocycles. The SMILES string of the molecule is CC(=O)NC(C(=O)N1CCCC(C)C1C(=O)O)C(C)C. The number of piperidine rings is 1. The van der Waals surface area contributed by atoms with Gasteiger partial charge in [-0.05, 0) is 24.7 Å². The van der Waals surface area contributed by atoms with Crippen LogP contribution < -0.4 is 5.32 Å². The van der Waals surface area contributed by atoms with E-state index in [1.165, 1.54) is 11.8 Å². The molecule has 6 heteroatoms. The molecular formula is C14H24N2O4. The Bertz CT molecular complexity index is 395. The summed E-state index contributed by atoms with van der Waals surface area (Å²) in [4.78, 5) is 36.6. The van der Waals surface area contributed by atoms with E-state index in [-0.39, 0.29) is 23.7 Å². The van der Waals surface area contributed by atoms with Gasteiger partial charge in [-0.2, -0.15) is 0 Å². The number of hydrogen-bond donors (Lipinski definition) is 2. The summed E-state index contributed by atoms with van der Waals surface area (Å²) in [5.74, 6) is -1.72. The molecule has 1 saturated heterocycles. The molecule has 3 atom stereocenters. The van der Waals surface area contributed by atoms with Crippen molar-refractivity contribution in [1.29, 1.82) is 0 Å². The van der Waals surface area contributed by atoms with Crippen molar-refractivity contribution in [3.8, 4) is 0 Å². The first-order valence-electron chi connectivity index (χ1n) is 7.06. The molecule has 2 N–H and O–H groups in total. The highest BCUT2D eigenvalue weighted by molar-refractivity contribution is 5.90. The molecular weight excluding hydrogens is 260 g/mol. The van der Waals surface area contributed by atoms with Crippen molar-refractivity contribution in [3.63, 3.8) is 0 Å². The van der Waals surface area contributed by atoms with E-state index in [0.717, 1.165) is 12.8 Å². The van der Waals surface area contributed by atoms with E-state index in [0.29, 0.717) is 6.54 Å². The smallest absolute Gasteiger partial charge is 0.326 e. The molecule has 1 heterocycles. The summed E-state index contributed by atoms with van der Waals surface area (Å²) < 4.78 is 0. The second kappa shape index (κ2) is 6.72. The van der Waals surface area contributed by atoms with Crippen LogP contribution in [-0.4, -0.2) is 46.4 Å². The maximum atomic E-state index is 12.6. The number of rotatable bonds is 4. The predicted octanol–water partition coefficient (Wildman–Crippen LogP) is 0.859. The quantitative estimate of drug-likeness (QED) is 0.801. The van der Waals surface area contributed by atoms with Gasteiger partial charge in [0.2, 0.25) is 11.8 Å². The minimum Gasteiger partial charge on any atom is -0.480 e. The monoisotopic (exact) mass is 284 g/mol. The van der Waals surface area contributed by atoms with Gasteiger partial charge in [-0.15, -0.1) is 0 Å². The molecule has 20 heavy (non-hydrogen) atoms. The largest absolute Gasteiger partial charge is 0.480 e. The first kappa shape index (κ1) is 16.5. The maximum absolute atomic E-state index is 12.6. The van der Waals surface area contributed by atoms with Gasteiger partial charge >= 0.3 is 5.97 Å². The molecule has 0 radical (unpaired) electrons. The lowest BCUT2D eigenvalue weighted by Crippen LogP contribution is -2.58. The molecule has 0 aliphatic carbocycles. The molecule has 0 saturated carbocycles. The summed E-state index contributed by atoms with van der Waals surface area (Å²) in [5.41, 5.74) is 0. The molecule has 0 spiro atoms. The Balaban J connectivity index is 2.95. The van der Waals surface area contributed by atoms with E-state index in [2.05, 4.69) is 5.32 Å². The fourth-order valence-corrected chi connectivity index (χ4v) is 2.72. The van der Waals surface area contributed by atoms with Gasteiger partial charge in [0.15, 0.2) is 0 Å².